The summed E-state index contributed by atoms with van der Waals surface area (Å²) in [4.78, 5) is 10.3. The summed E-state index contributed by atoms with van der Waals surface area (Å²) in [5, 5.41) is 0. The van der Waals surface area contributed by atoms with Crippen LogP contribution < -0.4 is 57.0 Å². The lowest BCUT2D eigenvalue weighted by atomic mass is 9.30. The summed E-state index contributed by atoms with van der Waals surface area (Å²) >= 11 is 4.31. The van der Waals surface area contributed by atoms with Gasteiger partial charge in [0.2, 0.25) is 6.71 Å². The highest BCUT2D eigenvalue weighted by Gasteiger charge is 2.49. The van der Waals surface area contributed by atoms with Crippen molar-refractivity contribution >= 4 is 151 Å². The second kappa shape index (κ2) is 24.5. The topological polar surface area (TPSA) is 28.2 Å². The summed E-state index contributed by atoms with van der Waals surface area (Å²) in [6, 6.07) is 60.5. The zero-order valence-corrected chi connectivity index (χ0v) is 58.2. The molecule has 0 unspecified atom stereocenters. The number of halogens is 2. The number of aryl methyl sites for hydroxylation is 6. The zero-order chi connectivity index (χ0) is 61.4. The van der Waals surface area contributed by atoms with Gasteiger partial charge in [-0.05, 0) is 254 Å². The zero-order valence-electron chi connectivity index (χ0n) is 53.1. The third-order valence-electron chi connectivity index (χ3n) is 18.4. The number of fused-ring (bicyclic) bond motifs is 8. The first-order chi connectivity index (χ1) is 43.1. The van der Waals surface area contributed by atoms with Crippen molar-refractivity contribution in [3.8, 4) is 23.0 Å². The van der Waals surface area contributed by atoms with E-state index in [1.54, 1.807) is 0 Å². The van der Waals surface area contributed by atoms with Gasteiger partial charge in [-0.25, -0.2) is 0 Å². The molecule has 0 aliphatic carbocycles. The Hall–Kier alpha value is -6.73. The summed E-state index contributed by atoms with van der Waals surface area (Å²) in [6.07, 6.45) is 12.5. The van der Waals surface area contributed by atoms with E-state index in [-0.39, 0.29) is 39.6 Å². The molecular formula is C79H77B2I2N3O2S. The minimum absolute atomic E-state index is 0.0439. The molecule has 10 heteroatoms. The molecule has 5 aliphatic rings. The van der Waals surface area contributed by atoms with Crippen LogP contribution in [0.4, 0.5) is 45.5 Å². The van der Waals surface area contributed by atoms with Crippen LogP contribution in [0.3, 0.4) is 0 Å². The molecule has 446 valence electrons. The van der Waals surface area contributed by atoms with Crippen LogP contribution in [0.25, 0.3) is 0 Å². The molecule has 0 saturated carbocycles. The summed E-state index contributed by atoms with van der Waals surface area (Å²) < 4.78 is 20.5. The number of rotatable bonds is 16. The fourth-order valence-corrected chi connectivity index (χ4v) is 18.3. The summed E-state index contributed by atoms with van der Waals surface area (Å²) in [5.74, 6) is 3.34. The van der Waals surface area contributed by atoms with Crippen LogP contribution in [0.5, 0.6) is 23.0 Å². The van der Waals surface area contributed by atoms with Crippen LogP contribution in [-0.4, -0.2) is 17.4 Å². The van der Waals surface area contributed by atoms with Crippen molar-refractivity contribution < 1.29 is 9.47 Å². The molecule has 14 rings (SSSR count). The number of unbranched alkanes of at least 4 members (excludes halogenated alkanes) is 3. The van der Waals surface area contributed by atoms with E-state index in [0.717, 1.165) is 84.3 Å². The van der Waals surface area contributed by atoms with Crippen LogP contribution in [0.2, 0.25) is 0 Å². The van der Waals surface area contributed by atoms with E-state index in [4.69, 9.17) is 9.47 Å². The molecule has 0 amide bonds. The van der Waals surface area contributed by atoms with Gasteiger partial charge in [-0.15, -0.1) is 0 Å². The van der Waals surface area contributed by atoms with Gasteiger partial charge >= 0.3 is 0 Å². The average molecular weight is 1410 g/mol. The van der Waals surface area contributed by atoms with Crippen LogP contribution in [0.1, 0.15) is 126 Å². The number of allylic oxidation sites excluding steroid dienone is 2. The summed E-state index contributed by atoms with van der Waals surface area (Å²) in [6.45, 7) is 22.8. The highest BCUT2D eigenvalue weighted by atomic mass is 127. The fraction of sp³-hybridized carbons (Fsp3) is 0.253. The maximum absolute atomic E-state index is 7.21. The standard InChI is InChI=1S/C79H77B2I2N3O2S/c1-11-14-20-53-25-29-60(30-26-53)87-62-41-70-77-71(42-62)85(58-35-50(5)34-56(40-58)79(8,9)10)69-39-51(6)37-66(82)76(69)80(77)64-45-65-73(46-67(64)84(70)57-23-18-17-19-24-57)89-74-44-63(88-61-31-27-54(28-32-61)21-15-12-2)43-72-78(74)81(65)75-55(22-16-13-3)33-49(4)38-68(75)86(72)59-36-52(7)47-83-48-59/h17-19,23-48H,11-16,20-22H2,1-10H3. The second-order valence-electron chi connectivity index (χ2n) is 26.3. The first-order valence-corrected chi connectivity index (χ1v) is 36.6. The third kappa shape index (κ3) is 11.2. The lowest BCUT2D eigenvalue weighted by molar-refractivity contribution is 0.481. The largest absolute Gasteiger partial charge is 0.457 e. The van der Waals surface area contributed by atoms with Crippen LogP contribution in [0, 0.1) is 24.3 Å². The monoisotopic (exact) mass is 1410 g/mol. The average Bonchev–Trinajstić information content (AvgIpc) is 0.709. The Morgan fingerprint density at radius 1 is 0.483 bits per heavy atom. The Kier molecular flexibility index (Phi) is 16.5. The van der Waals surface area contributed by atoms with E-state index in [1.165, 1.54) is 138 Å². The molecule has 89 heavy (non-hydrogen) atoms. The number of anilines is 8. The van der Waals surface area contributed by atoms with E-state index >= 15 is 0 Å². The van der Waals surface area contributed by atoms with Crippen molar-refractivity contribution in [3.63, 3.8) is 0 Å². The molecule has 5 heterocycles. The Bertz CT molecular complexity index is 4380. The lowest BCUT2D eigenvalue weighted by Crippen LogP contribution is -2.65. The van der Waals surface area contributed by atoms with Crippen LogP contribution in [-0.2, 0) is 24.7 Å². The molecule has 9 aromatic rings. The molecule has 0 radical (unpaired) electrons. The Morgan fingerprint density at radius 3 is 1.67 bits per heavy atom. The Morgan fingerprint density at radius 2 is 1.04 bits per heavy atom. The van der Waals surface area contributed by atoms with Crippen molar-refractivity contribution in [2.45, 2.75) is 142 Å². The number of nitrogens with zero attached hydrogens (tertiary/aromatic N) is 3. The van der Waals surface area contributed by atoms with Gasteiger partial charge in [-0.3, -0.25) is 0 Å². The number of benzene rings is 9. The number of hydrogen-bond donors (Lipinski definition) is 0. The molecule has 0 saturated heterocycles. The SMILES string of the molecule is CCCCc1ccc(Oc2cc3c4c(c2)N(C2=CI=CC(C)=C2)c2cc(C)cc(CCCC)c2B4c2cc4c(cc2S3)N(c2ccccc2)c2cc(Oc3ccc(CCCC)cc3)cc3c2B4c2c(I)cc(C)cc2N3c2cc(C)cc(C(C)(C)C)c2)cc1. The number of hydrogen-bond acceptors (Lipinski definition) is 6. The molecule has 0 aromatic heterocycles. The van der Waals surface area contributed by atoms with Gasteiger partial charge in [-0.1, -0.05) is 165 Å². The van der Waals surface area contributed by atoms with Crippen molar-refractivity contribution in [3.05, 3.63) is 222 Å². The van der Waals surface area contributed by atoms with E-state index in [9.17, 15) is 0 Å². The maximum atomic E-state index is 7.21. The van der Waals surface area contributed by atoms with Crippen LogP contribution >= 0.6 is 55.1 Å². The van der Waals surface area contributed by atoms with Gasteiger partial charge in [0.25, 0.3) is 6.71 Å². The summed E-state index contributed by atoms with van der Waals surface area (Å²) in [5.41, 5.74) is 29.2. The van der Waals surface area contributed by atoms with Crippen LogP contribution in [0.15, 0.2) is 189 Å². The normalized spacial score (nSPS) is 14.2. The molecule has 0 fully saturated rings. The number of para-hydroxylation sites is 1. The van der Waals surface area contributed by atoms with Crippen molar-refractivity contribution in [2.75, 3.05) is 14.7 Å². The fourth-order valence-electron chi connectivity index (χ4n) is 14.3. The summed E-state index contributed by atoms with van der Waals surface area (Å²) in [7, 11) is 0. The highest BCUT2D eigenvalue weighted by molar-refractivity contribution is 14.2. The first kappa shape index (κ1) is 59.9. The first-order valence-electron chi connectivity index (χ1n) is 32.2. The van der Waals surface area contributed by atoms with Crippen molar-refractivity contribution in [1.82, 2.24) is 0 Å². The second-order valence-corrected chi connectivity index (χ2v) is 30.5. The molecule has 0 spiro atoms. The van der Waals surface area contributed by atoms with E-state index in [0.29, 0.717) is 0 Å². The molecule has 0 bridgehead atoms. The molecule has 5 aliphatic heterocycles. The van der Waals surface area contributed by atoms with E-state index in [2.05, 4.69) is 278 Å². The Balaban J connectivity index is 1.04. The van der Waals surface area contributed by atoms with Crippen molar-refractivity contribution in [2.24, 2.45) is 0 Å². The predicted molar refractivity (Wildman–Crippen MR) is 401 cm³/mol. The van der Waals surface area contributed by atoms with E-state index in [1.807, 2.05) is 11.8 Å². The molecule has 0 N–H and O–H groups in total. The molecule has 5 nitrogen and oxygen atoms in total. The molecular weight excluding hydrogens is 1330 g/mol. The van der Waals surface area contributed by atoms with E-state index < -0.39 is 0 Å². The quantitative estimate of drug-likeness (QED) is 0.0707. The molecule has 0 atom stereocenters. The highest BCUT2D eigenvalue weighted by Crippen LogP contribution is 2.51. The minimum atomic E-state index is -0.287. The van der Waals surface area contributed by atoms with Gasteiger partial charge in [0.05, 0.1) is 5.70 Å². The minimum Gasteiger partial charge on any atom is -0.457 e. The lowest BCUT2D eigenvalue weighted by Gasteiger charge is -2.46. The van der Waals surface area contributed by atoms with Gasteiger partial charge in [0.1, 0.15) is 23.0 Å². The van der Waals surface area contributed by atoms with Gasteiger partial charge in [-0.2, -0.15) is 0 Å². The van der Waals surface area contributed by atoms with Gasteiger partial charge < -0.3 is 24.2 Å². The third-order valence-corrected chi connectivity index (χ3v) is 22.8. The number of ether oxygens (including phenoxy) is 2. The van der Waals surface area contributed by atoms with Crippen molar-refractivity contribution in [1.29, 1.82) is 0 Å². The molecule has 9 aromatic carbocycles. The van der Waals surface area contributed by atoms with Gasteiger partial charge in [0, 0.05) is 77.1 Å². The predicted octanol–water partition coefficient (Wildman–Crippen LogP) is 19.2. The maximum Gasteiger partial charge on any atom is 0.253 e. The Labute approximate surface area is 557 Å². The smallest absolute Gasteiger partial charge is 0.253 e. The van der Waals surface area contributed by atoms with Gasteiger partial charge in [0.15, 0.2) is 0 Å².